The van der Waals surface area contributed by atoms with E-state index in [9.17, 15) is 5.11 Å². The number of pyridine rings is 1. The quantitative estimate of drug-likeness (QED) is 0.671. The van der Waals surface area contributed by atoms with E-state index >= 15 is 0 Å². The molecule has 1 unspecified atom stereocenters. The molecule has 1 atom stereocenters. The normalized spacial score (nSPS) is 17.4. The van der Waals surface area contributed by atoms with Gasteiger partial charge in [0.05, 0.1) is 12.8 Å². The molecule has 1 saturated heterocycles. The molecule has 3 heterocycles. The molecule has 5 rings (SSSR count). The van der Waals surface area contributed by atoms with E-state index in [0.29, 0.717) is 11.8 Å². The summed E-state index contributed by atoms with van der Waals surface area (Å²) in [6.45, 7) is 3.46. The Morgan fingerprint density at radius 1 is 1.10 bits per heavy atom. The first-order chi connectivity index (χ1) is 14.6. The number of hydrogen-bond acceptors (Lipinski definition) is 6. The van der Waals surface area contributed by atoms with Gasteiger partial charge < -0.3 is 24.2 Å². The molecule has 6 heteroatoms. The van der Waals surface area contributed by atoms with Gasteiger partial charge in [0.25, 0.3) is 0 Å². The molecule has 1 N–H and O–H groups in total. The maximum atomic E-state index is 10.00. The fourth-order valence-electron chi connectivity index (χ4n) is 4.23. The summed E-state index contributed by atoms with van der Waals surface area (Å²) in [7, 11) is 1.55. The van der Waals surface area contributed by atoms with Gasteiger partial charge >= 0.3 is 0 Å². The van der Waals surface area contributed by atoms with Gasteiger partial charge in [-0.2, -0.15) is 0 Å². The van der Waals surface area contributed by atoms with E-state index < -0.39 is 0 Å². The van der Waals surface area contributed by atoms with Crippen molar-refractivity contribution in [1.29, 1.82) is 0 Å². The number of para-hydroxylation sites is 1. The van der Waals surface area contributed by atoms with E-state index in [1.54, 1.807) is 13.2 Å². The number of ether oxygens (including phenoxy) is 3. The number of hydrogen-bond donors (Lipinski definition) is 1. The third-order valence-corrected chi connectivity index (χ3v) is 5.84. The zero-order valence-corrected chi connectivity index (χ0v) is 17.1. The third kappa shape index (κ3) is 3.18. The minimum absolute atomic E-state index is 0.109. The molecule has 2 aliphatic heterocycles. The van der Waals surface area contributed by atoms with Crippen molar-refractivity contribution in [3.8, 4) is 45.4 Å². The molecular formula is C24H24N2O4. The summed E-state index contributed by atoms with van der Waals surface area (Å²) in [4.78, 5) is 7.33. The highest BCUT2D eigenvalue weighted by molar-refractivity contribution is 5.80. The molecule has 3 aromatic rings. The molecule has 1 fully saturated rings. The molecule has 0 spiro atoms. The summed E-state index contributed by atoms with van der Waals surface area (Å²) < 4.78 is 16.6. The molecule has 0 saturated carbocycles. The number of phenolic OH excluding ortho intramolecular Hbond substituents is 1. The van der Waals surface area contributed by atoms with Crippen LogP contribution < -0.4 is 19.1 Å². The van der Waals surface area contributed by atoms with E-state index in [1.165, 1.54) is 0 Å². The van der Waals surface area contributed by atoms with Gasteiger partial charge in [-0.15, -0.1) is 0 Å². The van der Waals surface area contributed by atoms with Crippen LogP contribution in [0.15, 0.2) is 48.5 Å². The lowest BCUT2D eigenvalue weighted by Gasteiger charge is -2.24. The predicted molar refractivity (Wildman–Crippen MR) is 115 cm³/mol. The number of methoxy groups -OCH3 is 1. The Morgan fingerprint density at radius 2 is 2.00 bits per heavy atom. The Bertz CT molecular complexity index is 1100. The number of fused-ring (bicyclic) bond motifs is 1. The van der Waals surface area contributed by atoms with Gasteiger partial charge in [0, 0.05) is 23.7 Å². The van der Waals surface area contributed by atoms with Crippen LogP contribution in [0.5, 0.6) is 23.0 Å². The molecule has 0 amide bonds. The number of phenols is 1. The van der Waals surface area contributed by atoms with Crippen molar-refractivity contribution in [2.75, 3.05) is 25.3 Å². The molecule has 0 bridgehead atoms. The molecule has 2 aliphatic rings. The van der Waals surface area contributed by atoms with Crippen LogP contribution in [-0.2, 0) is 0 Å². The van der Waals surface area contributed by atoms with Gasteiger partial charge in [-0.3, -0.25) is 0 Å². The zero-order valence-electron chi connectivity index (χ0n) is 17.1. The van der Waals surface area contributed by atoms with Crippen molar-refractivity contribution >= 4 is 5.82 Å². The van der Waals surface area contributed by atoms with Crippen LogP contribution in [0, 0.1) is 0 Å². The van der Waals surface area contributed by atoms with E-state index in [2.05, 4.69) is 17.9 Å². The van der Waals surface area contributed by atoms with Crippen molar-refractivity contribution in [2.24, 2.45) is 0 Å². The van der Waals surface area contributed by atoms with Gasteiger partial charge in [0.2, 0.25) is 6.79 Å². The Kier molecular flexibility index (Phi) is 4.62. The lowest BCUT2D eigenvalue weighted by atomic mass is 10.0. The molecule has 0 aliphatic carbocycles. The largest absolute Gasteiger partial charge is 0.504 e. The minimum Gasteiger partial charge on any atom is -0.504 e. The van der Waals surface area contributed by atoms with Gasteiger partial charge in [-0.1, -0.05) is 12.1 Å². The fourth-order valence-corrected chi connectivity index (χ4v) is 4.23. The van der Waals surface area contributed by atoms with Crippen LogP contribution in [0.1, 0.15) is 19.8 Å². The van der Waals surface area contributed by atoms with E-state index in [1.807, 2.05) is 36.4 Å². The number of benzene rings is 2. The fraction of sp³-hybridized carbons (Fsp3) is 0.292. The van der Waals surface area contributed by atoms with Crippen molar-refractivity contribution in [2.45, 2.75) is 25.8 Å². The molecule has 6 nitrogen and oxygen atoms in total. The third-order valence-electron chi connectivity index (χ3n) is 5.84. The highest BCUT2D eigenvalue weighted by Crippen LogP contribution is 2.43. The Balaban J connectivity index is 1.68. The van der Waals surface area contributed by atoms with Crippen LogP contribution >= 0.6 is 0 Å². The summed E-state index contributed by atoms with van der Waals surface area (Å²) in [5.74, 6) is 2.99. The van der Waals surface area contributed by atoms with Crippen molar-refractivity contribution in [1.82, 2.24) is 4.98 Å². The topological polar surface area (TPSA) is 64.0 Å². The van der Waals surface area contributed by atoms with Crippen LogP contribution in [0.3, 0.4) is 0 Å². The highest BCUT2D eigenvalue weighted by Gasteiger charge is 2.25. The summed E-state index contributed by atoms with van der Waals surface area (Å²) in [5.41, 5.74) is 3.69. The van der Waals surface area contributed by atoms with Crippen molar-refractivity contribution in [3.05, 3.63) is 48.5 Å². The zero-order chi connectivity index (χ0) is 20.7. The number of anilines is 1. The van der Waals surface area contributed by atoms with Crippen LogP contribution in [0.4, 0.5) is 5.82 Å². The van der Waals surface area contributed by atoms with Gasteiger partial charge in [-0.05, 0) is 61.7 Å². The Morgan fingerprint density at radius 3 is 2.80 bits per heavy atom. The summed E-state index contributed by atoms with van der Waals surface area (Å²) in [5, 5.41) is 10.00. The van der Waals surface area contributed by atoms with E-state index in [4.69, 9.17) is 19.2 Å². The van der Waals surface area contributed by atoms with Crippen LogP contribution in [0.25, 0.3) is 22.4 Å². The molecule has 1 aromatic heterocycles. The second kappa shape index (κ2) is 7.44. The molecule has 154 valence electrons. The molecule has 0 radical (unpaired) electrons. The summed E-state index contributed by atoms with van der Waals surface area (Å²) in [6.07, 6.45) is 2.32. The van der Waals surface area contributed by atoms with Gasteiger partial charge in [-0.25, -0.2) is 4.98 Å². The molecule has 2 aromatic carbocycles. The molecular weight excluding hydrogens is 380 g/mol. The second-order valence-corrected chi connectivity index (χ2v) is 7.71. The van der Waals surface area contributed by atoms with Crippen LogP contribution in [-0.4, -0.2) is 36.6 Å². The first-order valence-electron chi connectivity index (χ1n) is 10.2. The lowest BCUT2D eigenvalue weighted by Crippen LogP contribution is -2.27. The Hall–Kier alpha value is -3.41. The lowest BCUT2D eigenvalue weighted by molar-refractivity contribution is 0.174. The molecule has 30 heavy (non-hydrogen) atoms. The SMILES string of the molecule is COc1cc(-c2cc(-c3cccc4c3OCO4)cc(N3CCCC3C)n2)ccc1O. The van der Waals surface area contributed by atoms with Crippen molar-refractivity contribution in [3.63, 3.8) is 0 Å². The summed E-state index contributed by atoms with van der Waals surface area (Å²) in [6, 6.07) is 15.9. The second-order valence-electron chi connectivity index (χ2n) is 7.71. The van der Waals surface area contributed by atoms with Gasteiger partial charge in [0.15, 0.2) is 23.0 Å². The number of rotatable bonds is 4. The number of aromatic hydroxyl groups is 1. The Labute approximate surface area is 175 Å². The van der Waals surface area contributed by atoms with Gasteiger partial charge in [0.1, 0.15) is 5.82 Å². The predicted octanol–water partition coefficient (Wildman–Crippen LogP) is 4.85. The van der Waals surface area contributed by atoms with Crippen molar-refractivity contribution < 1.29 is 19.3 Å². The van der Waals surface area contributed by atoms with E-state index in [-0.39, 0.29) is 12.5 Å². The number of aromatic nitrogens is 1. The number of nitrogens with zero attached hydrogens (tertiary/aromatic N) is 2. The average Bonchev–Trinajstić information content (AvgIpc) is 3.42. The standard InChI is InChI=1S/C24H24N2O4/c1-15-5-4-10-26(15)23-13-17(18-6-3-7-21-24(18)30-14-29-21)11-19(25-23)16-8-9-20(27)22(12-16)28-2/h3,6-9,11-13,15,27H,4-5,10,14H2,1-2H3. The first-order valence-corrected chi connectivity index (χ1v) is 10.2. The van der Waals surface area contributed by atoms with Crippen LogP contribution in [0.2, 0.25) is 0 Å². The van der Waals surface area contributed by atoms with E-state index in [0.717, 1.165) is 59.1 Å². The minimum atomic E-state index is 0.109. The first kappa shape index (κ1) is 18.6. The average molecular weight is 404 g/mol. The smallest absolute Gasteiger partial charge is 0.231 e. The maximum Gasteiger partial charge on any atom is 0.231 e. The highest BCUT2D eigenvalue weighted by atomic mass is 16.7. The maximum absolute atomic E-state index is 10.00. The summed E-state index contributed by atoms with van der Waals surface area (Å²) >= 11 is 0. The monoisotopic (exact) mass is 404 g/mol.